The average Bonchev–Trinajstić information content (AvgIpc) is 3.04. The molecule has 148 valence electrons. The monoisotopic (exact) mass is 413 g/mol. The number of nitrogens with one attached hydrogen (secondary N) is 1. The molecule has 2 heterocycles. The van der Waals surface area contributed by atoms with Gasteiger partial charge in [-0.3, -0.25) is 9.59 Å². The number of ketones is 1. The van der Waals surface area contributed by atoms with Gasteiger partial charge in [0.1, 0.15) is 16.4 Å². The van der Waals surface area contributed by atoms with Crippen LogP contribution in [0.3, 0.4) is 0 Å². The van der Waals surface area contributed by atoms with Gasteiger partial charge in [0.15, 0.2) is 12.7 Å². The lowest BCUT2D eigenvalue weighted by molar-refractivity contribution is -0.118. The number of Topliss-reactive ketones (excluding diaryl/α,β-unsaturated/α-hetero) is 1. The van der Waals surface area contributed by atoms with Gasteiger partial charge < -0.3 is 14.8 Å². The van der Waals surface area contributed by atoms with Crippen LogP contribution in [-0.4, -0.2) is 30.4 Å². The van der Waals surface area contributed by atoms with E-state index in [1.165, 1.54) is 19.1 Å². The highest BCUT2D eigenvalue weighted by atomic mass is 32.1. The summed E-state index contributed by atoms with van der Waals surface area (Å²) in [5.41, 5.74) is 1.15. The van der Waals surface area contributed by atoms with Crippen LogP contribution in [0, 0.1) is 12.7 Å². The Morgan fingerprint density at radius 1 is 1.28 bits per heavy atom. The van der Waals surface area contributed by atoms with Crippen molar-refractivity contribution in [1.29, 1.82) is 0 Å². The number of halogens is 1. The van der Waals surface area contributed by atoms with Crippen LogP contribution in [0.25, 0.3) is 10.1 Å². The average molecular weight is 413 g/mol. The highest BCUT2D eigenvalue weighted by Gasteiger charge is 2.26. The van der Waals surface area contributed by atoms with Crippen LogP contribution < -0.4 is 10.1 Å². The molecule has 4 rings (SSSR count). The molecule has 0 bridgehead atoms. The molecular weight excluding hydrogens is 397 g/mol. The summed E-state index contributed by atoms with van der Waals surface area (Å²) in [6, 6.07) is 9.25. The molecule has 0 aliphatic carbocycles. The summed E-state index contributed by atoms with van der Waals surface area (Å²) in [5.74, 6) is -1.36. The molecule has 1 amide bonds. The number of aryl methyl sites for hydroxylation is 1. The summed E-state index contributed by atoms with van der Waals surface area (Å²) >= 11 is 1.12. The topological polar surface area (TPSA) is 81.7 Å². The maximum absolute atomic E-state index is 14.1. The Labute approximate surface area is 169 Å². The molecule has 0 radical (unpaired) electrons. The van der Waals surface area contributed by atoms with Gasteiger partial charge in [-0.1, -0.05) is 6.07 Å². The lowest BCUT2D eigenvalue weighted by Gasteiger charge is -2.19. The number of carbonyl (C=O) groups is 3. The van der Waals surface area contributed by atoms with Gasteiger partial charge in [0.05, 0.1) is 5.69 Å². The predicted molar refractivity (Wildman–Crippen MR) is 106 cm³/mol. The van der Waals surface area contributed by atoms with Crippen LogP contribution in [0.2, 0.25) is 0 Å². The molecule has 0 spiro atoms. The van der Waals surface area contributed by atoms with Crippen LogP contribution in [-0.2, 0) is 9.53 Å². The summed E-state index contributed by atoms with van der Waals surface area (Å²) in [6.45, 7) is 3.04. The second-order valence-electron chi connectivity index (χ2n) is 6.63. The minimum Gasteiger partial charge on any atom is -0.482 e. The first-order valence-electron chi connectivity index (χ1n) is 8.84. The third-order valence-electron chi connectivity index (χ3n) is 4.64. The highest BCUT2D eigenvalue weighted by molar-refractivity contribution is 7.21. The number of thiophene rings is 1. The minimum absolute atomic E-state index is 0.0799. The summed E-state index contributed by atoms with van der Waals surface area (Å²) in [6.07, 6.45) is -1.06. The van der Waals surface area contributed by atoms with Crippen molar-refractivity contribution < 1.29 is 28.2 Å². The van der Waals surface area contributed by atoms with E-state index in [2.05, 4.69) is 5.32 Å². The standard InChI is InChI=1S/C21H16FNO5S/c1-10-18-13(22)4-3-5-16(18)29-20(10)21(26)28-11(2)19(25)12-6-7-15-14(8-12)23-17(24)9-27-15/h3-8,11H,9H2,1-2H3,(H,23,24)/t11-/m0/s1. The van der Waals surface area contributed by atoms with E-state index in [0.717, 1.165) is 11.3 Å². The molecule has 1 N–H and O–H groups in total. The van der Waals surface area contributed by atoms with Crippen molar-refractivity contribution in [2.75, 3.05) is 11.9 Å². The third kappa shape index (κ3) is 3.47. The zero-order chi connectivity index (χ0) is 20.7. The number of fused-ring (bicyclic) bond motifs is 2. The van der Waals surface area contributed by atoms with Crippen molar-refractivity contribution in [2.45, 2.75) is 20.0 Å². The fraction of sp³-hybridized carbons (Fsp3) is 0.190. The Hall–Kier alpha value is -3.26. The zero-order valence-electron chi connectivity index (χ0n) is 15.6. The van der Waals surface area contributed by atoms with Crippen molar-refractivity contribution >= 4 is 44.8 Å². The van der Waals surface area contributed by atoms with Gasteiger partial charge in [-0.05, 0) is 49.7 Å². The molecule has 0 unspecified atom stereocenters. The number of amides is 1. The van der Waals surface area contributed by atoms with E-state index in [4.69, 9.17) is 9.47 Å². The number of anilines is 1. The van der Waals surface area contributed by atoms with Crippen molar-refractivity contribution in [3.8, 4) is 5.75 Å². The smallest absolute Gasteiger partial charge is 0.349 e. The molecule has 3 aromatic rings. The van der Waals surface area contributed by atoms with Crippen LogP contribution in [0.15, 0.2) is 36.4 Å². The second kappa shape index (κ2) is 7.29. The molecule has 2 aromatic carbocycles. The largest absolute Gasteiger partial charge is 0.482 e. The zero-order valence-corrected chi connectivity index (χ0v) is 16.4. The van der Waals surface area contributed by atoms with Gasteiger partial charge in [0, 0.05) is 15.6 Å². The van der Waals surface area contributed by atoms with E-state index in [1.54, 1.807) is 31.2 Å². The Morgan fingerprint density at radius 2 is 2.07 bits per heavy atom. The van der Waals surface area contributed by atoms with E-state index >= 15 is 0 Å². The molecule has 1 aliphatic heterocycles. The van der Waals surface area contributed by atoms with E-state index in [0.29, 0.717) is 27.1 Å². The number of hydrogen-bond donors (Lipinski definition) is 1. The molecular formula is C21H16FNO5S. The quantitative estimate of drug-likeness (QED) is 0.514. The minimum atomic E-state index is -1.06. The number of carbonyl (C=O) groups excluding carboxylic acids is 3. The predicted octanol–water partition coefficient (Wildman–Crippen LogP) is 4.11. The SMILES string of the molecule is Cc1c(C(=O)O[C@@H](C)C(=O)c2ccc3c(c2)NC(=O)CO3)sc2cccc(F)c12. The number of rotatable bonds is 4. The second-order valence-corrected chi connectivity index (χ2v) is 7.68. The van der Waals surface area contributed by atoms with Gasteiger partial charge in [-0.2, -0.15) is 0 Å². The number of hydrogen-bond acceptors (Lipinski definition) is 6. The molecule has 1 aromatic heterocycles. The fourth-order valence-corrected chi connectivity index (χ4v) is 4.29. The van der Waals surface area contributed by atoms with Gasteiger partial charge in [0.25, 0.3) is 5.91 Å². The first-order chi connectivity index (χ1) is 13.8. The maximum atomic E-state index is 14.1. The lowest BCUT2D eigenvalue weighted by Crippen LogP contribution is -2.27. The maximum Gasteiger partial charge on any atom is 0.349 e. The lowest BCUT2D eigenvalue weighted by atomic mass is 10.1. The van der Waals surface area contributed by atoms with Crippen molar-refractivity contribution in [2.24, 2.45) is 0 Å². The molecule has 8 heteroatoms. The van der Waals surface area contributed by atoms with Crippen molar-refractivity contribution in [3.63, 3.8) is 0 Å². The molecule has 0 fully saturated rings. The van der Waals surface area contributed by atoms with Gasteiger partial charge in [0.2, 0.25) is 5.78 Å². The summed E-state index contributed by atoms with van der Waals surface area (Å²) in [7, 11) is 0. The van der Waals surface area contributed by atoms with Crippen molar-refractivity contribution in [1.82, 2.24) is 0 Å². The van der Waals surface area contributed by atoms with Gasteiger partial charge in [-0.25, -0.2) is 9.18 Å². The van der Waals surface area contributed by atoms with E-state index < -0.39 is 23.7 Å². The Kier molecular flexibility index (Phi) is 4.79. The number of benzene rings is 2. The third-order valence-corrected chi connectivity index (χ3v) is 5.88. The molecule has 29 heavy (non-hydrogen) atoms. The molecule has 0 saturated carbocycles. The molecule has 1 atom stereocenters. The Bertz CT molecular complexity index is 1170. The number of ether oxygens (including phenoxy) is 2. The van der Waals surface area contributed by atoms with Gasteiger partial charge in [-0.15, -0.1) is 11.3 Å². The van der Waals surface area contributed by atoms with Crippen LogP contribution in [0.1, 0.15) is 32.5 Å². The van der Waals surface area contributed by atoms with Gasteiger partial charge >= 0.3 is 5.97 Å². The molecule has 0 saturated heterocycles. The van der Waals surface area contributed by atoms with E-state index in [1.807, 2.05) is 0 Å². The Balaban J connectivity index is 1.54. The van der Waals surface area contributed by atoms with E-state index in [9.17, 15) is 18.8 Å². The normalized spacial score (nSPS) is 14.0. The first kappa shape index (κ1) is 19.1. The van der Waals surface area contributed by atoms with E-state index in [-0.39, 0.29) is 23.0 Å². The molecule has 6 nitrogen and oxygen atoms in total. The van der Waals surface area contributed by atoms with Crippen LogP contribution in [0.4, 0.5) is 10.1 Å². The highest BCUT2D eigenvalue weighted by Crippen LogP contribution is 2.33. The summed E-state index contributed by atoms with van der Waals surface area (Å²) in [5, 5.41) is 3.01. The summed E-state index contributed by atoms with van der Waals surface area (Å²) < 4.78 is 25.3. The first-order valence-corrected chi connectivity index (χ1v) is 9.66. The number of esters is 1. The van der Waals surface area contributed by atoms with Crippen LogP contribution >= 0.6 is 11.3 Å². The summed E-state index contributed by atoms with van der Waals surface area (Å²) in [4.78, 5) is 37.0. The Morgan fingerprint density at radius 3 is 2.83 bits per heavy atom. The molecule has 1 aliphatic rings. The fourth-order valence-electron chi connectivity index (χ4n) is 3.19. The van der Waals surface area contributed by atoms with Crippen molar-refractivity contribution in [3.05, 3.63) is 58.2 Å². The van der Waals surface area contributed by atoms with Crippen LogP contribution in [0.5, 0.6) is 5.75 Å².